The monoisotopic (exact) mass is 898 g/mol. The molecule has 0 atom stereocenters. The van der Waals surface area contributed by atoms with E-state index in [0.29, 0.717) is 51.9 Å². The zero-order chi connectivity index (χ0) is 46.8. The summed E-state index contributed by atoms with van der Waals surface area (Å²) in [6, 6.07) is 0. The van der Waals surface area contributed by atoms with Crippen molar-refractivity contribution in [3.8, 4) is 0 Å². The Labute approximate surface area is 382 Å². The smallest absolute Gasteiger partial charge is 0.306 e. The summed E-state index contributed by atoms with van der Waals surface area (Å²) in [7, 11) is 3.83. The molecule has 0 amide bonds. The van der Waals surface area contributed by atoms with Gasteiger partial charge in [-0.25, -0.2) is 0 Å². The molecule has 0 aromatic rings. The van der Waals surface area contributed by atoms with Crippen LogP contribution in [-0.4, -0.2) is 101 Å². The maximum Gasteiger partial charge on any atom is 0.306 e. The summed E-state index contributed by atoms with van der Waals surface area (Å²) in [5.74, 6) is -2.39. The Bertz CT molecular complexity index is 1130. The van der Waals surface area contributed by atoms with Crippen molar-refractivity contribution < 1.29 is 57.2 Å². The van der Waals surface area contributed by atoms with Crippen LogP contribution in [0.5, 0.6) is 0 Å². The van der Waals surface area contributed by atoms with Crippen molar-refractivity contribution in [2.75, 3.05) is 60.3 Å². The summed E-state index contributed by atoms with van der Waals surface area (Å²) >= 11 is 0. The molecule has 13 heteroatoms. The Morgan fingerprint density at radius 3 is 1.06 bits per heavy atom. The topological polar surface area (TPSA) is 161 Å². The van der Waals surface area contributed by atoms with Gasteiger partial charge in [0.05, 0.1) is 13.2 Å². The first kappa shape index (κ1) is 59.8. The molecule has 0 unspecified atom stereocenters. The van der Waals surface area contributed by atoms with Crippen molar-refractivity contribution in [1.82, 2.24) is 4.90 Å². The van der Waals surface area contributed by atoms with Crippen LogP contribution in [0.1, 0.15) is 214 Å². The molecule has 0 rings (SSSR count). The van der Waals surface area contributed by atoms with E-state index in [-0.39, 0.29) is 82.8 Å². The molecule has 0 saturated carbocycles. The fourth-order valence-corrected chi connectivity index (χ4v) is 6.95. The van der Waals surface area contributed by atoms with Gasteiger partial charge in [0.25, 0.3) is 0 Å². The fourth-order valence-electron chi connectivity index (χ4n) is 6.95. The molecule has 0 fully saturated rings. The fraction of sp³-hybridized carbons (Fsp3) is 0.880. The van der Waals surface area contributed by atoms with Crippen LogP contribution >= 0.6 is 0 Å². The Morgan fingerprint density at radius 2 is 0.698 bits per heavy atom. The highest BCUT2D eigenvalue weighted by Gasteiger charge is 2.38. The van der Waals surface area contributed by atoms with Crippen LogP contribution in [-0.2, 0) is 57.2 Å². The molecule has 0 saturated heterocycles. The lowest BCUT2D eigenvalue weighted by molar-refractivity contribution is -0.171. The minimum absolute atomic E-state index is 0.0305. The van der Waals surface area contributed by atoms with Crippen molar-refractivity contribution in [1.29, 1.82) is 0 Å². The van der Waals surface area contributed by atoms with Gasteiger partial charge in [-0.15, -0.1) is 0 Å². The molecular weight excluding hydrogens is 807 g/mol. The van der Waals surface area contributed by atoms with Gasteiger partial charge in [0.2, 0.25) is 0 Å². The van der Waals surface area contributed by atoms with E-state index in [9.17, 15) is 28.8 Å². The van der Waals surface area contributed by atoms with E-state index in [0.717, 1.165) is 103 Å². The van der Waals surface area contributed by atoms with Gasteiger partial charge in [0, 0.05) is 38.5 Å². The van der Waals surface area contributed by atoms with E-state index in [4.69, 9.17) is 28.4 Å². The van der Waals surface area contributed by atoms with Crippen LogP contribution in [0, 0.1) is 11.3 Å². The van der Waals surface area contributed by atoms with Crippen LogP contribution in [0.4, 0.5) is 0 Å². The normalized spacial score (nSPS) is 11.4. The second-order valence-corrected chi connectivity index (χ2v) is 17.8. The van der Waals surface area contributed by atoms with Crippen molar-refractivity contribution >= 4 is 35.8 Å². The van der Waals surface area contributed by atoms with Gasteiger partial charge < -0.3 is 33.3 Å². The highest BCUT2D eigenvalue weighted by atomic mass is 16.6. The van der Waals surface area contributed by atoms with E-state index in [1.165, 1.54) is 12.8 Å². The minimum Gasteiger partial charge on any atom is -0.466 e. The van der Waals surface area contributed by atoms with Crippen LogP contribution in [0.15, 0.2) is 0 Å². The Balaban J connectivity index is 5.78. The summed E-state index contributed by atoms with van der Waals surface area (Å²) in [6.07, 6.45) is 21.9. The zero-order valence-corrected chi connectivity index (χ0v) is 40.9. The molecule has 0 N–H and O–H groups in total. The first-order valence-corrected chi connectivity index (χ1v) is 25.0. The molecule has 0 spiro atoms. The summed E-state index contributed by atoms with van der Waals surface area (Å²) in [4.78, 5) is 79.0. The lowest BCUT2D eigenvalue weighted by Gasteiger charge is -2.32. The highest BCUT2D eigenvalue weighted by molar-refractivity contribution is 5.72. The molecule has 0 heterocycles. The Morgan fingerprint density at radius 1 is 0.381 bits per heavy atom. The molecule has 0 radical (unpaired) electrons. The van der Waals surface area contributed by atoms with Gasteiger partial charge in [-0.3, -0.25) is 28.8 Å². The van der Waals surface area contributed by atoms with Crippen molar-refractivity contribution in [2.45, 2.75) is 214 Å². The molecule has 13 nitrogen and oxygen atoms in total. The van der Waals surface area contributed by atoms with E-state index in [2.05, 4.69) is 27.7 Å². The second-order valence-electron chi connectivity index (χ2n) is 17.8. The van der Waals surface area contributed by atoms with Crippen LogP contribution in [0.2, 0.25) is 0 Å². The quantitative estimate of drug-likeness (QED) is 0.0323. The first-order chi connectivity index (χ1) is 30.4. The third-order valence-corrected chi connectivity index (χ3v) is 11.1. The summed E-state index contributed by atoms with van der Waals surface area (Å²) in [6.45, 7) is 8.79. The SMILES string of the molecule is CCCCCCCOC(=O)CCCCC(=O)OCC(COC(=O)CCCCC(=O)OCCCCCCC)(COC(=O)CCCN(C)C)COC(=O)CC(CCCCC)CCCCC. The third kappa shape index (κ3) is 37.8. The molecule has 0 aliphatic heterocycles. The maximum atomic E-state index is 13.5. The summed E-state index contributed by atoms with van der Waals surface area (Å²) in [5.41, 5.74) is -1.38. The highest BCUT2D eigenvalue weighted by Crippen LogP contribution is 2.26. The number of hydrogen-bond acceptors (Lipinski definition) is 13. The van der Waals surface area contributed by atoms with E-state index in [1.54, 1.807) is 0 Å². The molecule has 0 bridgehead atoms. The second kappa shape index (κ2) is 41.5. The molecule has 63 heavy (non-hydrogen) atoms. The molecule has 0 aliphatic rings. The third-order valence-electron chi connectivity index (χ3n) is 11.1. The van der Waals surface area contributed by atoms with Gasteiger partial charge in [0.1, 0.15) is 31.8 Å². The predicted octanol–water partition coefficient (Wildman–Crippen LogP) is 10.8. The van der Waals surface area contributed by atoms with E-state index < -0.39 is 29.3 Å². The molecule has 0 aromatic heterocycles. The first-order valence-electron chi connectivity index (χ1n) is 25.0. The molecular formula is C50H91NO12. The van der Waals surface area contributed by atoms with Crippen molar-refractivity contribution in [3.05, 3.63) is 0 Å². The number of rotatable bonds is 44. The average molecular weight is 898 g/mol. The van der Waals surface area contributed by atoms with Crippen molar-refractivity contribution in [2.24, 2.45) is 11.3 Å². The Kier molecular flexibility index (Phi) is 39.4. The van der Waals surface area contributed by atoms with Gasteiger partial charge in [-0.2, -0.15) is 0 Å². The largest absolute Gasteiger partial charge is 0.466 e. The minimum atomic E-state index is -1.38. The number of unbranched alkanes of at least 4 members (excludes halogenated alkanes) is 14. The van der Waals surface area contributed by atoms with Gasteiger partial charge in [-0.1, -0.05) is 118 Å². The van der Waals surface area contributed by atoms with Gasteiger partial charge in [-0.05, 0) is 84.3 Å². The van der Waals surface area contributed by atoms with Gasteiger partial charge >= 0.3 is 35.8 Å². The Hall–Kier alpha value is -3.22. The molecule has 0 aromatic carbocycles. The maximum absolute atomic E-state index is 13.5. The van der Waals surface area contributed by atoms with Crippen molar-refractivity contribution in [3.63, 3.8) is 0 Å². The standard InChI is InChI=1S/C50H91NO12/c1-7-11-15-17-25-36-58-44(52)30-21-23-32-46(54)60-39-50(41-62-48(56)34-27-35-51(5)6,42-63-49(57)38-43(28-19-13-9-3)29-20-14-10-4)40-61-47(55)33-24-22-31-45(53)59-37-26-18-16-12-8-2/h43H,7-42H2,1-6H3. The number of ether oxygens (including phenoxy) is 6. The van der Waals surface area contributed by atoms with Gasteiger partial charge in [0.15, 0.2) is 0 Å². The van der Waals surface area contributed by atoms with Crippen LogP contribution in [0.25, 0.3) is 0 Å². The molecule has 368 valence electrons. The summed E-state index contributed by atoms with van der Waals surface area (Å²) < 4.78 is 33.8. The zero-order valence-electron chi connectivity index (χ0n) is 40.9. The average Bonchev–Trinajstić information content (AvgIpc) is 3.25. The van der Waals surface area contributed by atoms with E-state index in [1.807, 2.05) is 19.0 Å². The van der Waals surface area contributed by atoms with Crippen LogP contribution < -0.4 is 0 Å². The molecule has 0 aliphatic carbocycles. The number of carbonyl (C=O) groups excluding carboxylic acids is 6. The number of hydrogen-bond donors (Lipinski definition) is 0. The van der Waals surface area contributed by atoms with E-state index >= 15 is 0 Å². The predicted molar refractivity (Wildman–Crippen MR) is 247 cm³/mol. The summed E-state index contributed by atoms with van der Waals surface area (Å²) in [5, 5.41) is 0. The number of carbonyl (C=O) groups is 6. The lowest BCUT2D eigenvalue weighted by Crippen LogP contribution is -2.44. The van der Waals surface area contributed by atoms with Crippen LogP contribution in [0.3, 0.4) is 0 Å². The number of esters is 6. The lowest BCUT2D eigenvalue weighted by atomic mass is 9.91. The number of nitrogens with zero attached hydrogens (tertiary/aromatic N) is 1.